The first kappa shape index (κ1) is 15.5. The van der Waals surface area contributed by atoms with Crippen LogP contribution < -0.4 is 4.72 Å². The monoisotopic (exact) mass is 328 g/mol. The minimum atomic E-state index is -4.10. The van der Waals surface area contributed by atoms with Crippen LogP contribution in [-0.4, -0.2) is 19.3 Å². The molecule has 1 N–H and O–H groups in total. The van der Waals surface area contributed by atoms with Crippen LogP contribution >= 0.6 is 11.6 Å². The summed E-state index contributed by atoms with van der Waals surface area (Å²) in [5.74, 6) is -0.739. The van der Waals surface area contributed by atoms with Gasteiger partial charge in [0.2, 0.25) is 5.76 Å². The summed E-state index contributed by atoms with van der Waals surface area (Å²) < 4.78 is 31.6. The Hall–Kier alpha value is -1.86. The fourth-order valence-electron chi connectivity index (χ4n) is 1.92. The van der Waals surface area contributed by atoms with Crippen LogP contribution in [-0.2, 0) is 10.0 Å². The highest BCUT2D eigenvalue weighted by Crippen LogP contribution is 2.24. The van der Waals surface area contributed by atoms with Crippen molar-refractivity contribution in [2.45, 2.75) is 25.7 Å². The van der Waals surface area contributed by atoms with E-state index in [0.29, 0.717) is 11.3 Å². The molecule has 8 heteroatoms. The Labute approximate surface area is 127 Å². The van der Waals surface area contributed by atoms with E-state index < -0.39 is 15.9 Å². The maximum absolute atomic E-state index is 12.3. The number of hydrogen-bond donors (Lipinski definition) is 1. The number of hydrogen-bond acceptors (Lipinski definition) is 5. The number of sulfonamides is 1. The molecule has 6 nitrogen and oxygen atoms in total. The molecular weight excluding hydrogens is 316 g/mol. The SMILES string of the molecule is Cc1nc(C)c(C(=O)NS(=O)(=O)c2c(C)cccc2Cl)o1. The molecule has 1 amide bonds. The summed E-state index contributed by atoms with van der Waals surface area (Å²) in [6.45, 7) is 4.71. The molecule has 2 rings (SSSR count). The largest absolute Gasteiger partial charge is 0.436 e. The van der Waals surface area contributed by atoms with E-state index in [1.54, 1.807) is 32.9 Å². The van der Waals surface area contributed by atoms with Crippen LogP contribution in [0.3, 0.4) is 0 Å². The number of benzene rings is 1. The summed E-state index contributed by atoms with van der Waals surface area (Å²) >= 11 is 5.91. The predicted octanol–water partition coefficient (Wildman–Crippen LogP) is 2.37. The summed E-state index contributed by atoms with van der Waals surface area (Å²) in [6, 6.07) is 4.66. The van der Waals surface area contributed by atoms with Gasteiger partial charge < -0.3 is 4.42 Å². The van der Waals surface area contributed by atoms with Crippen LogP contribution in [0.1, 0.15) is 27.7 Å². The van der Waals surface area contributed by atoms with Gasteiger partial charge >= 0.3 is 5.91 Å². The molecule has 1 aromatic carbocycles. The van der Waals surface area contributed by atoms with Crippen molar-refractivity contribution in [2.24, 2.45) is 0 Å². The zero-order valence-corrected chi connectivity index (χ0v) is 13.2. The smallest absolute Gasteiger partial charge is 0.302 e. The molecule has 0 bridgehead atoms. The first-order chi connectivity index (χ1) is 9.72. The third-order valence-corrected chi connectivity index (χ3v) is 4.73. The highest BCUT2D eigenvalue weighted by atomic mass is 35.5. The molecule has 0 saturated heterocycles. The molecule has 2 aromatic rings. The molecule has 0 aliphatic carbocycles. The molecule has 0 spiro atoms. The number of halogens is 1. The number of nitrogens with zero attached hydrogens (tertiary/aromatic N) is 1. The standard InChI is InChI=1S/C13H13ClN2O4S/c1-7-5-4-6-10(14)12(7)21(18,19)16-13(17)11-8(2)15-9(3)20-11/h4-6H,1-3H3,(H,16,17). The van der Waals surface area contributed by atoms with Gasteiger partial charge in [0.15, 0.2) is 5.89 Å². The second-order valence-corrected chi connectivity index (χ2v) is 6.49. The van der Waals surface area contributed by atoms with E-state index >= 15 is 0 Å². The Morgan fingerprint density at radius 3 is 2.48 bits per heavy atom. The van der Waals surface area contributed by atoms with Gasteiger partial charge in [0.1, 0.15) is 4.90 Å². The van der Waals surface area contributed by atoms with E-state index in [-0.39, 0.29) is 21.6 Å². The molecule has 0 fully saturated rings. The maximum Gasteiger partial charge on any atom is 0.302 e. The summed E-state index contributed by atoms with van der Waals surface area (Å²) in [6.07, 6.45) is 0. The number of amides is 1. The molecule has 0 radical (unpaired) electrons. The second-order valence-electron chi connectivity index (χ2n) is 4.47. The summed E-state index contributed by atoms with van der Waals surface area (Å²) in [7, 11) is -4.10. The minimum absolute atomic E-state index is 0.0424. The number of rotatable bonds is 3. The molecule has 1 heterocycles. The lowest BCUT2D eigenvalue weighted by Crippen LogP contribution is -2.31. The lowest BCUT2D eigenvalue weighted by atomic mass is 10.2. The summed E-state index contributed by atoms with van der Waals surface area (Å²) in [5, 5.41) is 0.0424. The van der Waals surface area contributed by atoms with Crippen molar-refractivity contribution in [1.29, 1.82) is 0 Å². The average molecular weight is 329 g/mol. The number of carbonyl (C=O) groups is 1. The van der Waals surface area contributed by atoms with Gasteiger partial charge in [0.25, 0.3) is 10.0 Å². The Kier molecular flexibility index (Phi) is 4.06. The van der Waals surface area contributed by atoms with Gasteiger partial charge in [-0.3, -0.25) is 4.79 Å². The maximum atomic E-state index is 12.3. The van der Waals surface area contributed by atoms with Crippen molar-refractivity contribution in [3.05, 3.63) is 46.1 Å². The highest BCUT2D eigenvalue weighted by Gasteiger charge is 2.26. The van der Waals surface area contributed by atoms with E-state index in [0.717, 1.165) is 0 Å². The van der Waals surface area contributed by atoms with Gasteiger partial charge in [0.05, 0.1) is 10.7 Å². The van der Waals surface area contributed by atoms with Crippen LogP contribution in [0.5, 0.6) is 0 Å². The average Bonchev–Trinajstić information content (AvgIpc) is 2.67. The molecule has 0 aliphatic heterocycles. The molecule has 0 atom stereocenters. The van der Waals surface area contributed by atoms with Crippen LogP contribution in [0.4, 0.5) is 0 Å². The molecular formula is C13H13ClN2O4S. The first-order valence-electron chi connectivity index (χ1n) is 5.98. The van der Waals surface area contributed by atoms with E-state index in [1.165, 1.54) is 6.07 Å². The zero-order valence-electron chi connectivity index (χ0n) is 11.6. The van der Waals surface area contributed by atoms with Crippen LogP contribution in [0.2, 0.25) is 5.02 Å². The van der Waals surface area contributed by atoms with Gasteiger partial charge in [-0.25, -0.2) is 18.1 Å². The first-order valence-corrected chi connectivity index (χ1v) is 7.85. The normalized spacial score (nSPS) is 11.4. The third kappa shape index (κ3) is 3.08. The van der Waals surface area contributed by atoms with Crippen LogP contribution in [0.25, 0.3) is 0 Å². The van der Waals surface area contributed by atoms with Crippen molar-refractivity contribution >= 4 is 27.5 Å². The topological polar surface area (TPSA) is 89.3 Å². The Bertz CT molecular complexity index is 791. The Morgan fingerprint density at radius 2 is 1.95 bits per heavy atom. The number of aryl methyl sites for hydroxylation is 3. The fourth-order valence-corrected chi connectivity index (χ4v) is 3.70. The second kappa shape index (κ2) is 5.50. The minimum Gasteiger partial charge on any atom is -0.436 e. The van der Waals surface area contributed by atoms with Gasteiger partial charge in [-0.15, -0.1) is 0 Å². The molecule has 0 saturated carbocycles. The van der Waals surface area contributed by atoms with Gasteiger partial charge in [0, 0.05) is 6.92 Å². The van der Waals surface area contributed by atoms with Crippen molar-refractivity contribution in [1.82, 2.24) is 9.71 Å². The quantitative estimate of drug-likeness (QED) is 0.934. The predicted molar refractivity (Wildman–Crippen MR) is 76.8 cm³/mol. The highest BCUT2D eigenvalue weighted by molar-refractivity contribution is 7.90. The zero-order chi connectivity index (χ0) is 15.8. The summed E-state index contributed by atoms with van der Waals surface area (Å²) in [5.41, 5.74) is 0.754. The van der Waals surface area contributed by atoms with E-state index in [4.69, 9.17) is 16.0 Å². The Balaban J connectivity index is 2.38. The summed E-state index contributed by atoms with van der Waals surface area (Å²) in [4.78, 5) is 15.8. The lowest BCUT2D eigenvalue weighted by Gasteiger charge is -2.10. The van der Waals surface area contributed by atoms with Gasteiger partial charge in [-0.05, 0) is 25.5 Å². The van der Waals surface area contributed by atoms with Crippen molar-refractivity contribution in [3.8, 4) is 0 Å². The van der Waals surface area contributed by atoms with Crippen molar-refractivity contribution in [2.75, 3.05) is 0 Å². The number of oxazole rings is 1. The third-order valence-electron chi connectivity index (χ3n) is 2.77. The molecule has 21 heavy (non-hydrogen) atoms. The van der Waals surface area contributed by atoms with E-state index in [9.17, 15) is 13.2 Å². The number of nitrogens with one attached hydrogen (secondary N) is 1. The van der Waals surface area contributed by atoms with Crippen LogP contribution in [0.15, 0.2) is 27.5 Å². The number of aromatic nitrogens is 1. The molecule has 1 aromatic heterocycles. The fraction of sp³-hybridized carbons (Fsp3) is 0.231. The number of carbonyl (C=O) groups excluding carboxylic acids is 1. The van der Waals surface area contributed by atoms with E-state index in [1.807, 2.05) is 4.72 Å². The molecule has 112 valence electrons. The van der Waals surface area contributed by atoms with Gasteiger partial charge in [-0.2, -0.15) is 0 Å². The lowest BCUT2D eigenvalue weighted by molar-refractivity contribution is 0.0952. The van der Waals surface area contributed by atoms with Crippen molar-refractivity contribution in [3.63, 3.8) is 0 Å². The van der Waals surface area contributed by atoms with E-state index in [2.05, 4.69) is 4.98 Å². The van der Waals surface area contributed by atoms with Gasteiger partial charge in [-0.1, -0.05) is 23.7 Å². The molecule has 0 aliphatic rings. The van der Waals surface area contributed by atoms with Crippen LogP contribution in [0, 0.1) is 20.8 Å². The van der Waals surface area contributed by atoms with Crippen molar-refractivity contribution < 1.29 is 17.6 Å². The molecule has 0 unspecified atom stereocenters. The Morgan fingerprint density at radius 1 is 1.29 bits per heavy atom.